The highest BCUT2D eigenvalue weighted by atomic mass is 14.6. The zero-order valence-electron chi connectivity index (χ0n) is 14.2. The molecule has 0 radical (unpaired) electrons. The van der Waals surface area contributed by atoms with Crippen LogP contribution in [0.1, 0.15) is 11.1 Å². The van der Waals surface area contributed by atoms with Crippen LogP contribution >= 0.6 is 0 Å². The third-order valence-electron chi connectivity index (χ3n) is 4.69. The second-order valence-electron chi connectivity index (χ2n) is 5.97. The van der Waals surface area contributed by atoms with Crippen LogP contribution in [0, 0.1) is 5.41 Å². The second kappa shape index (κ2) is 6.74. The van der Waals surface area contributed by atoms with E-state index in [1.54, 1.807) is 12.2 Å². The molecule has 1 aliphatic carbocycles. The van der Waals surface area contributed by atoms with Crippen molar-refractivity contribution in [1.29, 1.82) is 5.41 Å². The molecule has 0 saturated heterocycles. The Morgan fingerprint density at radius 3 is 1.60 bits per heavy atom. The Labute approximate surface area is 149 Å². The van der Waals surface area contributed by atoms with E-state index in [-0.39, 0.29) is 0 Å². The zero-order chi connectivity index (χ0) is 17.9. The van der Waals surface area contributed by atoms with Gasteiger partial charge in [-0.05, 0) is 22.3 Å². The quantitative estimate of drug-likeness (QED) is 0.736. The van der Waals surface area contributed by atoms with E-state index >= 15 is 0 Å². The number of hydrogen-bond donors (Lipinski definition) is 1. The first kappa shape index (κ1) is 16.7. The van der Waals surface area contributed by atoms with Gasteiger partial charge in [0.25, 0.3) is 0 Å². The van der Waals surface area contributed by atoms with Crippen molar-refractivity contribution < 1.29 is 0 Å². The van der Waals surface area contributed by atoms with E-state index < -0.39 is 5.41 Å². The summed E-state index contributed by atoms with van der Waals surface area (Å²) in [6.45, 7) is 12.1. The summed E-state index contributed by atoms with van der Waals surface area (Å²) in [5.74, 6) is 0. The average molecular weight is 323 g/mol. The Morgan fingerprint density at radius 2 is 1.16 bits per heavy atom. The van der Waals surface area contributed by atoms with Crippen molar-refractivity contribution in [3.05, 3.63) is 133 Å². The van der Waals surface area contributed by atoms with Crippen molar-refractivity contribution in [3.63, 3.8) is 0 Å². The molecule has 1 heteroatoms. The summed E-state index contributed by atoms with van der Waals surface area (Å²) in [5.41, 5.74) is 4.56. The lowest BCUT2D eigenvalue weighted by molar-refractivity contribution is 0.842. The maximum absolute atomic E-state index is 9.08. The Hall–Kier alpha value is -3.19. The number of rotatable bonds is 4. The lowest BCUT2D eigenvalue weighted by atomic mass is 9.69. The highest BCUT2D eigenvalue weighted by Crippen LogP contribution is 2.52. The molecule has 0 bridgehead atoms. The molecule has 1 aliphatic rings. The molecule has 0 aromatic heterocycles. The molecule has 0 unspecified atom stereocenters. The molecule has 1 N–H and O–H groups in total. The Bertz CT molecular complexity index is 818. The van der Waals surface area contributed by atoms with Crippen molar-refractivity contribution in [2.24, 2.45) is 0 Å². The van der Waals surface area contributed by atoms with Crippen molar-refractivity contribution >= 4 is 5.71 Å². The molecule has 2 aromatic carbocycles. The molecule has 1 fully saturated rings. The van der Waals surface area contributed by atoms with Gasteiger partial charge in [-0.2, -0.15) is 0 Å². The number of allylic oxidation sites excluding steroid dienone is 7. The first-order valence-electron chi connectivity index (χ1n) is 8.24. The van der Waals surface area contributed by atoms with Gasteiger partial charge in [0.2, 0.25) is 0 Å². The lowest BCUT2D eigenvalue weighted by Crippen LogP contribution is -2.33. The van der Waals surface area contributed by atoms with Gasteiger partial charge in [-0.3, -0.25) is 0 Å². The fraction of sp³-hybridized carbons (Fsp3) is 0.0417. The van der Waals surface area contributed by atoms with Crippen LogP contribution in [-0.4, -0.2) is 5.71 Å². The Kier molecular flexibility index (Phi) is 4.49. The molecule has 2 aromatic rings. The molecule has 25 heavy (non-hydrogen) atoms. The summed E-state index contributed by atoms with van der Waals surface area (Å²) in [6.07, 6.45) is 7.28. The van der Waals surface area contributed by atoms with Gasteiger partial charge in [-0.1, -0.05) is 105 Å². The number of hydrogen-bond acceptors (Lipinski definition) is 1. The number of benzene rings is 2. The van der Waals surface area contributed by atoms with Gasteiger partial charge in [-0.25, -0.2) is 0 Å². The highest BCUT2D eigenvalue weighted by Gasteiger charge is 2.49. The summed E-state index contributed by atoms with van der Waals surface area (Å²) < 4.78 is 0. The third kappa shape index (κ3) is 2.45. The van der Waals surface area contributed by atoms with Gasteiger partial charge in [0, 0.05) is 5.57 Å². The molecular formula is C24H21N. The minimum Gasteiger partial charge on any atom is -0.303 e. The molecule has 3 rings (SSSR count). The first-order chi connectivity index (χ1) is 12.2. The largest absolute Gasteiger partial charge is 0.303 e. The van der Waals surface area contributed by atoms with E-state index in [0.29, 0.717) is 5.71 Å². The lowest BCUT2D eigenvalue weighted by Gasteiger charge is -2.32. The average Bonchev–Trinajstić information content (AvgIpc) is 2.86. The molecule has 1 nitrogen and oxygen atoms in total. The molecule has 0 amide bonds. The van der Waals surface area contributed by atoms with Gasteiger partial charge >= 0.3 is 0 Å². The monoisotopic (exact) mass is 323 g/mol. The van der Waals surface area contributed by atoms with E-state index in [2.05, 4.69) is 44.0 Å². The topological polar surface area (TPSA) is 23.9 Å². The van der Waals surface area contributed by atoms with E-state index in [9.17, 15) is 0 Å². The minimum atomic E-state index is -0.702. The predicted molar refractivity (Wildman–Crippen MR) is 107 cm³/mol. The molecule has 0 heterocycles. The molecule has 0 spiro atoms. The Morgan fingerprint density at radius 1 is 0.720 bits per heavy atom. The van der Waals surface area contributed by atoms with E-state index in [4.69, 9.17) is 5.41 Å². The number of nitrogens with one attached hydrogen (secondary N) is 1. The fourth-order valence-corrected chi connectivity index (χ4v) is 3.63. The van der Waals surface area contributed by atoms with Crippen LogP contribution in [0.4, 0.5) is 0 Å². The summed E-state index contributed by atoms with van der Waals surface area (Å²) in [5, 5.41) is 9.08. The summed E-state index contributed by atoms with van der Waals surface area (Å²) in [6, 6.07) is 20.3. The van der Waals surface area contributed by atoms with Crippen molar-refractivity contribution in [3.8, 4) is 0 Å². The molecule has 0 aliphatic heterocycles. The van der Waals surface area contributed by atoms with Crippen LogP contribution in [0.5, 0.6) is 0 Å². The highest BCUT2D eigenvalue weighted by molar-refractivity contribution is 6.19. The maximum Gasteiger partial charge on any atom is 0.0873 e. The van der Waals surface area contributed by atoms with Gasteiger partial charge in [0.15, 0.2) is 0 Å². The second-order valence-corrected chi connectivity index (χ2v) is 5.97. The SMILES string of the molecule is C=C/C=C1\C(=N)C(c2ccccc2)(c2ccccc2)C(=C)\C1=C/C=C. The third-order valence-corrected chi connectivity index (χ3v) is 4.69. The van der Waals surface area contributed by atoms with Gasteiger partial charge in [0.1, 0.15) is 0 Å². The smallest absolute Gasteiger partial charge is 0.0873 e. The predicted octanol–water partition coefficient (Wildman–Crippen LogP) is 5.79. The van der Waals surface area contributed by atoms with Gasteiger partial charge in [-0.15, -0.1) is 0 Å². The molecule has 1 saturated carbocycles. The molecule has 0 atom stereocenters. The fourth-order valence-electron chi connectivity index (χ4n) is 3.63. The van der Waals surface area contributed by atoms with Crippen LogP contribution in [0.25, 0.3) is 0 Å². The molecule has 122 valence electrons. The maximum atomic E-state index is 9.08. The van der Waals surface area contributed by atoms with E-state index in [1.165, 1.54) is 0 Å². The van der Waals surface area contributed by atoms with Gasteiger partial charge < -0.3 is 5.41 Å². The van der Waals surface area contributed by atoms with Crippen LogP contribution in [-0.2, 0) is 5.41 Å². The summed E-state index contributed by atoms with van der Waals surface area (Å²) in [4.78, 5) is 0. The van der Waals surface area contributed by atoms with Crippen LogP contribution in [0.15, 0.2) is 121 Å². The van der Waals surface area contributed by atoms with Gasteiger partial charge in [0.05, 0.1) is 11.1 Å². The van der Waals surface area contributed by atoms with Crippen LogP contribution < -0.4 is 0 Å². The van der Waals surface area contributed by atoms with Crippen molar-refractivity contribution in [1.82, 2.24) is 0 Å². The van der Waals surface area contributed by atoms with Crippen molar-refractivity contribution in [2.45, 2.75) is 5.41 Å². The van der Waals surface area contributed by atoms with E-state index in [0.717, 1.165) is 27.8 Å². The van der Waals surface area contributed by atoms with Crippen LogP contribution in [0.2, 0.25) is 0 Å². The van der Waals surface area contributed by atoms with E-state index in [1.807, 2.05) is 48.6 Å². The molecular weight excluding hydrogens is 302 g/mol. The summed E-state index contributed by atoms with van der Waals surface area (Å²) in [7, 11) is 0. The summed E-state index contributed by atoms with van der Waals surface area (Å²) >= 11 is 0. The Balaban J connectivity index is 2.40. The normalized spacial score (nSPS) is 19.4. The zero-order valence-corrected chi connectivity index (χ0v) is 14.2. The minimum absolute atomic E-state index is 0.517. The van der Waals surface area contributed by atoms with Crippen LogP contribution in [0.3, 0.4) is 0 Å². The standard InChI is InChI=1S/C24H21N/c1-4-12-21-18(3)24(19-14-8-6-9-15-19,20-16-10-7-11-17-20)23(25)22(21)13-5-2/h4-17,25H,1-3H2/b21-12+,22-13-,25-23?. The first-order valence-corrected chi connectivity index (χ1v) is 8.24. The van der Waals surface area contributed by atoms with Crippen molar-refractivity contribution in [2.75, 3.05) is 0 Å².